The zero-order chi connectivity index (χ0) is 17.2. The van der Waals surface area contributed by atoms with E-state index in [4.69, 9.17) is 4.74 Å². The second-order valence-corrected chi connectivity index (χ2v) is 6.78. The highest BCUT2D eigenvalue weighted by Gasteiger charge is 2.15. The average molecular weight is 351 g/mol. The third-order valence-electron chi connectivity index (χ3n) is 4.32. The van der Waals surface area contributed by atoms with Gasteiger partial charge in [0.1, 0.15) is 16.9 Å². The molecule has 0 radical (unpaired) electrons. The van der Waals surface area contributed by atoms with Gasteiger partial charge in [-0.2, -0.15) is 0 Å². The summed E-state index contributed by atoms with van der Waals surface area (Å²) in [5, 5.41) is 2.91. The molecule has 6 heteroatoms. The van der Waals surface area contributed by atoms with Gasteiger partial charge in [-0.15, -0.1) is 11.3 Å². The summed E-state index contributed by atoms with van der Waals surface area (Å²) >= 11 is 1.57. The first-order chi connectivity index (χ1) is 12.2. The monoisotopic (exact) mass is 351 g/mol. The van der Waals surface area contributed by atoms with Gasteiger partial charge < -0.3 is 9.64 Å². The minimum absolute atomic E-state index is 0.128. The first kappa shape index (κ1) is 15.8. The molecular formula is C19H17N3O2S. The van der Waals surface area contributed by atoms with Crippen LogP contribution in [0.25, 0.3) is 15.8 Å². The van der Waals surface area contributed by atoms with Crippen LogP contribution in [-0.4, -0.2) is 33.9 Å². The molecule has 0 N–H and O–H groups in total. The first-order valence-corrected chi connectivity index (χ1v) is 9.00. The zero-order valence-electron chi connectivity index (χ0n) is 13.8. The number of hydrogen-bond acceptors (Lipinski definition) is 5. The van der Waals surface area contributed by atoms with E-state index >= 15 is 0 Å². The van der Waals surface area contributed by atoms with Gasteiger partial charge in [0.05, 0.1) is 5.39 Å². The van der Waals surface area contributed by atoms with Gasteiger partial charge in [0.2, 0.25) is 11.8 Å². The molecule has 1 aromatic carbocycles. The number of fused-ring (bicyclic) bond motifs is 1. The zero-order valence-corrected chi connectivity index (χ0v) is 14.6. The normalized spacial score (nSPS) is 14.4. The molecule has 0 spiro atoms. The Morgan fingerprint density at radius 2 is 2.04 bits per heavy atom. The Morgan fingerprint density at radius 1 is 1.20 bits per heavy atom. The van der Waals surface area contributed by atoms with Crippen molar-refractivity contribution >= 4 is 33.0 Å². The first-order valence-electron chi connectivity index (χ1n) is 8.12. The second kappa shape index (κ2) is 6.64. The lowest BCUT2D eigenvalue weighted by Crippen LogP contribution is -2.32. The van der Waals surface area contributed by atoms with Crippen LogP contribution in [0.3, 0.4) is 0 Å². The van der Waals surface area contributed by atoms with E-state index in [9.17, 15) is 4.79 Å². The number of hydrogen-bond donors (Lipinski definition) is 0. The summed E-state index contributed by atoms with van der Waals surface area (Å²) in [6.07, 6.45) is 4.53. The Balaban J connectivity index is 1.51. The van der Waals surface area contributed by atoms with Gasteiger partial charge in [-0.3, -0.25) is 4.79 Å². The van der Waals surface area contributed by atoms with Gasteiger partial charge in [0.25, 0.3) is 0 Å². The molecular weight excluding hydrogens is 334 g/mol. The number of rotatable bonds is 3. The number of carbonyl (C=O) groups is 1. The summed E-state index contributed by atoms with van der Waals surface area (Å²) in [7, 11) is 0. The largest absolute Gasteiger partial charge is 0.438 e. The summed E-state index contributed by atoms with van der Waals surface area (Å²) in [4.78, 5) is 22.6. The average Bonchev–Trinajstić information content (AvgIpc) is 3.12. The van der Waals surface area contributed by atoms with Crippen LogP contribution in [0.4, 0.5) is 0 Å². The molecule has 0 saturated heterocycles. The van der Waals surface area contributed by atoms with Crippen LogP contribution in [0.15, 0.2) is 48.1 Å². The Bertz CT molecular complexity index is 947. The van der Waals surface area contributed by atoms with Crippen LogP contribution in [0.5, 0.6) is 11.6 Å². The van der Waals surface area contributed by atoms with Crippen LogP contribution >= 0.6 is 11.3 Å². The van der Waals surface area contributed by atoms with Crippen molar-refractivity contribution in [3.63, 3.8) is 0 Å². The molecule has 0 aliphatic carbocycles. The Hall–Kier alpha value is -2.73. The van der Waals surface area contributed by atoms with Crippen LogP contribution in [-0.2, 0) is 4.79 Å². The van der Waals surface area contributed by atoms with Crippen LogP contribution in [0, 0.1) is 0 Å². The number of carbonyl (C=O) groups excluding carboxylic acids is 1. The third kappa shape index (κ3) is 3.25. The van der Waals surface area contributed by atoms with Gasteiger partial charge in [-0.05, 0) is 41.1 Å². The lowest BCUT2D eigenvalue weighted by atomic mass is 9.99. The molecule has 2 aromatic heterocycles. The van der Waals surface area contributed by atoms with Crippen molar-refractivity contribution in [1.82, 2.24) is 14.9 Å². The molecule has 4 rings (SSSR count). The number of thiophene rings is 1. The molecule has 5 nitrogen and oxygen atoms in total. The van der Waals surface area contributed by atoms with E-state index in [1.807, 2.05) is 28.5 Å². The SMILES string of the molecule is CC(=O)N1CC=C(c2ccc(Oc3ncnc4sccc34)cc2)CC1. The topological polar surface area (TPSA) is 55.3 Å². The predicted octanol–water partition coefficient (Wildman–Crippen LogP) is 4.12. The maximum absolute atomic E-state index is 11.4. The van der Waals surface area contributed by atoms with Crippen LogP contribution < -0.4 is 4.74 Å². The van der Waals surface area contributed by atoms with Gasteiger partial charge in [0.15, 0.2) is 0 Å². The Morgan fingerprint density at radius 3 is 2.76 bits per heavy atom. The highest BCUT2D eigenvalue weighted by Crippen LogP contribution is 2.30. The number of aromatic nitrogens is 2. The summed E-state index contributed by atoms with van der Waals surface area (Å²) in [6.45, 7) is 3.07. The Labute approximate surface area is 149 Å². The Kier molecular flexibility index (Phi) is 4.19. The van der Waals surface area contributed by atoms with E-state index < -0.39 is 0 Å². The minimum Gasteiger partial charge on any atom is -0.438 e. The van der Waals surface area contributed by atoms with E-state index in [-0.39, 0.29) is 5.91 Å². The molecule has 0 saturated carbocycles. The van der Waals surface area contributed by atoms with Crippen LogP contribution in [0.2, 0.25) is 0 Å². The lowest BCUT2D eigenvalue weighted by molar-refractivity contribution is -0.128. The number of nitrogens with zero attached hydrogens (tertiary/aromatic N) is 3. The van der Waals surface area contributed by atoms with Crippen molar-refractivity contribution in [3.05, 3.63) is 53.7 Å². The van der Waals surface area contributed by atoms with Gasteiger partial charge in [0, 0.05) is 20.0 Å². The number of ether oxygens (including phenoxy) is 1. The highest BCUT2D eigenvalue weighted by molar-refractivity contribution is 7.16. The van der Waals surface area contributed by atoms with Crippen molar-refractivity contribution in [2.75, 3.05) is 13.1 Å². The van der Waals surface area contributed by atoms with Crippen molar-refractivity contribution in [1.29, 1.82) is 0 Å². The minimum atomic E-state index is 0.128. The van der Waals surface area contributed by atoms with E-state index in [0.717, 1.165) is 28.9 Å². The fourth-order valence-electron chi connectivity index (χ4n) is 2.91. The molecule has 1 aliphatic heterocycles. The molecule has 3 heterocycles. The second-order valence-electron chi connectivity index (χ2n) is 5.89. The number of amides is 1. The molecule has 3 aromatic rings. The van der Waals surface area contributed by atoms with Crippen molar-refractivity contribution in [2.45, 2.75) is 13.3 Å². The van der Waals surface area contributed by atoms with Gasteiger partial charge in [-0.1, -0.05) is 18.2 Å². The predicted molar refractivity (Wildman–Crippen MR) is 98.8 cm³/mol. The van der Waals surface area contributed by atoms with E-state index in [1.165, 1.54) is 17.5 Å². The summed E-state index contributed by atoms with van der Waals surface area (Å²) in [5.74, 6) is 1.45. The molecule has 1 aliphatic rings. The number of benzene rings is 1. The standard InChI is InChI=1S/C19H17N3O2S/c1-13(23)22-9-6-15(7-10-22)14-2-4-16(5-3-14)24-18-17-8-11-25-19(17)21-12-20-18/h2-6,8,11-12H,7,9-10H2,1H3. The summed E-state index contributed by atoms with van der Waals surface area (Å²) < 4.78 is 5.92. The van der Waals surface area contributed by atoms with Gasteiger partial charge in [-0.25, -0.2) is 9.97 Å². The van der Waals surface area contributed by atoms with Crippen molar-refractivity contribution in [2.24, 2.45) is 0 Å². The van der Waals surface area contributed by atoms with E-state index in [1.54, 1.807) is 18.3 Å². The summed E-state index contributed by atoms with van der Waals surface area (Å²) in [5.41, 5.74) is 2.44. The fourth-order valence-corrected chi connectivity index (χ4v) is 3.64. The molecule has 0 fully saturated rings. The molecule has 0 unspecified atom stereocenters. The molecule has 126 valence electrons. The third-order valence-corrected chi connectivity index (χ3v) is 5.14. The quantitative estimate of drug-likeness (QED) is 0.712. The molecule has 1 amide bonds. The maximum Gasteiger partial charge on any atom is 0.231 e. The molecule has 25 heavy (non-hydrogen) atoms. The van der Waals surface area contributed by atoms with Gasteiger partial charge >= 0.3 is 0 Å². The van der Waals surface area contributed by atoms with Crippen molar-refractivity contribution < 1.29 is 9.53 Å². The van der Waals surface area contributed by atoms with Crippen molar-refractivity contribution in [3.8, 4) is 11.6 Å². The molecule has 0 atom stereocenters. The van der Waals surface area contributed by atoms with E-state index in [2.05, 4.69) is 28.2 Å². The maximum atomic E-state index is 11.4. The smallest absolute Gasteiger partial charge is 0.231 e. The summed E-state index contributed by atoms with van der Waals surface area (Å²) in [6, 6.07) is 9.98. The highest BCUT2D eigenvalue weighted by atomic mass is 32.1. The van der Waals surface area contributed by atoms with E-state index in [0.29, 0.717) is 12.4 Å². The van der Waals surface area contributed by atoms with Crippen LogP contribution in [0.1, 0.15) is 18.9 Å². The molecule has 0 bridgehead atoms. The lowest BCUT2D eigenvalue weighted by Gasteiger charge is -2.25. The fraction of sp³-hybridized carbons (Fsp3) is 0.211.